The molecule has 8 heteroatoms. The maximum atomic E-state index is 14.0. The molecule has 3 rings (SSSR count). The molecule has 0 bridgehead atoms. The number of nitrogens with one attached hydrogen (secondary N) is 1. The van der Waals surface area contributed by atoms with Crippen LogP contribution in [0.5, 0.6) is 0 Å². The van der Waals surface area contributed by atoms with Gasteiger partial charge in [-0.15, -0.1) is 0 Å². The molecule has 0 aliphatic rings. The van der Waals surface area contributed by atoms with Gasteiger partial charge in [-0.2, -0.15) is 0 Å². The number of benzene rings is 3. The first kappa shape index (κ1) is 26.3. The van der Waals surface area contributed by atoms with Gasteiger partial charge in [0.2, 0.25) is 5.91 Å². The first-order chi connectivity index (χ1) is 16.5. The number of aliphatic hydroxyl groups excluding tert-OH is 1. The molecule has 35 heavy (non-hydrogen) atoms. The summed E-state index contributed by atoms with van der Waals surface area (Å²) >= 11 is 6.45. The van der Waals surface area contributed by atoms with Crippen LogP contribution in [0.2, 0.25) is 5.02 Å². The van der Waals surface area contributed by atoms with E-state index in [1.807, 2.05) is 13.8 Å². The van der Waals surface area contributed by atoms with Crippen molar-refractivity contribution < 1.29 is 23.5 Å². The maximum absolute atomic E-state index is 14.0. The van der Waals surface area contributed by atoms with Gasteiger partial charge in [0.15, 0.2) is 5.78 Å². The fourth-order valence-corrected chi connectivity index (χ4v) is 4.45. The topological polar surface area (TPSA) is 92.4 Å². The SMILES string of the molecule is Cc1ccc(C(N)=O)c(C(CO)CC(C)C)c1C(=O)c1ccc(Nc2ccc(F)cc2F)cc1Cl. The minimum absolute atomic E-state index is 0.0494. The van der Waals surface area contributed by atoms with Crippen LogP contribution in [-0.2, 0) is 0 Å². The van der Waals surface area contributed by atoms with Crippen LogP contribution < -0.4 is 11.1 Å². The van der Waals surface area contributed by atoms with E-state index in [2.05, 4.69) is 5.32 Å². The largest absolute Gasteiger partial charge is 0.396 e. The molecule has 0 saturated carbocycles. The molecule has 4 N–H and O–H groups in total. The summed E-state index contributed by atoms with van der Waals surface area (Å²) in [7, 11) is 0. The Balaban J connectivity index is 2.06. The maximum Gasteiger partial charge on any atom is 0.249 e. The minimum Gasteiger partial charge on any atom is -0.396 e. The lowest BCUT2D eigenvalue weighted by Crippen LogP contribution is -2.22. The molecule has 184 valence electrons. The van der Waals surface area contributed by atoms with Gasteiger partial charge in [-0.3, -0.25) is 9.59 Å². The van der Waals surface area contributed by atoms with E-state index in [4.69, 9.17) is 17.3 Å². The quantitative estimate of drug-likeness (QED) is 0.308. The fraction of sp³-hybridized carbons (Fsp3) is 0.259. The van der Waals surface area contributed by atoms with Gasteiger partial charge in [0.05, 0.1) is 10.7 Å². The summed E-state index contributed by atoms with van der Waals surface area (Å²) < 4.78 is 27.2. The average Bonchev–Trinajstić information content (AvgIpc) is 2.78. The number of hydrogen-bond acceptors (Lipinski definition) is 4. The van der Waals surface area contributed by atoms with Crippen LogP contribution in [0, 0.1) is 24.5 Å². The number of anilines is 2. The Hall–Kier alpha value is -3.29. The van der Waals surface area contributed by atoms with Gasteiger partial charge in [-0.25, -0.2) is 8.78 Å². The van der Waals surface area contributed by atoms with Crippen LogP contribution in [-0.4, -0.2) is 23.4 Å². The van der Waals surface area contributed by atoms with Crippen molar-refractivity contribution in [1.82, 2.24) is 0 Å². The third-order valence-electron chi connectivity index (χ3n) is 5.75. The van der Waals surface area contributed by atoms with Crippen molar-refractivity contribution in [1.29, 1.82) is 0 Å². The highest BCUT2D eigenvalue weighted by atomic mass is 35.5. The smallest absolute Gasteiger partial charge is 0.249 e. The van der Waals surface area contributed by atoms with E-state index in [1.54, 1.807) is 25.1 Å². The Morgan fingerprint density at radius 1 is 1.06 bits per heavy atom. The molecule has 3 aromatic carbocycles. The molecule has 0 spiro atoms. The number of ketones is 1. The van der Waals surface area contributed by atoms with E-state index in [0.717, 1.165) is 12.1 Å². The molecule has 0 aliphatic carbocycles. The number of aliphatic hydroxyl groups is 1. The van der Waals surface area contributed by atoms with Gasteiger partial charge in [-0.05, 0) is 66.8 Å². The Kier molecular flexibility index (Phi) is 8.25. The summed E-state index contributed by atoms with van der Waals surface area (Å²) in [6.07, 6.45) is 0.542. The summed E-state index contributed by atoms with van der Waals surface area (Å²) in [6.45, 7) is 5.45. The number of rotatable bonds is 9. The van der Waals surface area contributed by atoms with Gasteiger partial charge in [-0.1, -0.05) is 31.5 Å². The van der Waals surface area contributed by atoms with Crippen molar-refractivity contribution in [3.63, 3.8) is 0 Å². The summed E-state index contributed by atoms with van der Waals surface area (Å²) in [5, 5.41) is 13.0. The summed E-state index contributed by atoms with van der Waals surface area (Å²) in [4.78, 5) is 25.9. The fourth-order valence-electron chi connectivity index (χ4n) is 4.18. The molecule has 1 unspecified atom stereocenters. The minimum atomic E-state index is -0.773. The van der Waals surface area contributed by atoms with Crippen molar-refractivity contribution in [2.45, 2.75) is 33.1 Å². The lowest BCUT2D eigenvalue weighted by atomic mass is 9.81. The number of hydrogen-bond donors (Lipinski definition) is 3. The molecule has 1 amide bonds. The summed E-state index contributed by atoms with van der Waals surface area (Å²) in [5.74, 6) is -2.87. The van der Waals surface area contributed by atoms with Crippen LogP contribution in [0.25, 0.3) is 0 Å². The lowest BCUT2D eigenvalue weighted by molar-refractivity contribution is 0.0998. The van der Waals surface area contributed by atoms with Crippen molar-refractivity contribution in [2.75, 3.05) is 11.9 Å². The zero-order chi connectivity index (χ0) is 25.9. The number of nitrogens with two attached hydrogens (primary N) is 1. The van der Waals surface area contributed by atoms with Gasteiger partial charge in [0, 0.05) is 41.0 Å². The molecular formula is C27H27ClF2N2O3. The van der Waals surface area contributed by atoms with Crippen LogP contribution >= 0.6 is 11.6 Å². The van der Waals surface area contributed by atoms with Gasteiger partial charge >= 0.3 is 0 Å². The van der Waals surface area contributed by atoms with Crippen molar-refractivity contribution in [3.05, 3.63) is 93.0 Å². The number of amides is 1. The van der Waals surface area contributed by atoms with Crippen LogP contribution in [0.3, 0.4) is 0 Å². The molecular weight excluding hydrogens is 474 g/mol. The van der Waals surface area contributed by atoms with Crippen LogP contribution in [0.4, 0.5) is 20.2 Å². The number of aryl methyl sites for hydroxylation is 1. The Labute approximate surface area is 207 Å². The standard InChI is InChI=1S/C27H27ClF2N2O3/c1-14(2)10-16(13-33)25-20(27(31)35)7-4-15(3)24(25)26(34)19-8-6-18(12-21(19)28)32-23-9-5-17(29)11-22(23)30/h4-9,11-12,14,16,32-33H,10,13H2,1-3H3,(H2,31,35). The lowest BCUT2D eigenvalue weighted by Gasteiger charge is -2.24. The number of halogens is 3. The number of carbonyl (C=O) groups is 2. The first-order valence-electron chi connectivity index (χ1n) is 11.1. The summed E-state index contributed by atoms with van der Waals surface area (Å²) in [6, 6.07) is 10.8. The predicted molar refractivity (Wildman–Crippen MR) is 134 cm³/mol. The molecule has 0 fully saturated rings. The first-order valence-corrected chi connectivity index (χ1v) is 11.5. The molecule has 0 aromatic heterocycles. The molecule has 3 aromatic rings. The average molecular weight is 501 g/mol. The third-order valence-corrected chi connectivity index (χ3v) is 6.07. The highest BCUT2D eigenvalue weighted by Gasteiger charge is 2.28. The van der Waals surface area contributed by atoms with Crippen molar-refractivity contribution in [3.8, 4) is 0 Å². The second-order valence-electron chi connectivity index (χ2n) is 8.86. The molecule has 0 radical (unpaired) electrons. The van der Waals surface area contributed by atoms with Crippen LogP contribution in [0.15, 0.2) is 48.5 Å². The van der Waals surface area contributed by atoms with Gasteiger partial charge < -0.3 is 16.2 Å². The number of carbonyl (C=O) groups excluding carboxylic acids is 2. The van der Waals surface area contributed by atoms with Gasteiger partial charge in [0.25, 0.3) is 0 Å². The van der Waals surface area contributed by atoms with Crippen molar-refractivity contribution in [2.24, 2.45) is 11.7 Å². The molecule has 1 atom stereocenters. The number of primary amides is 1. The van der Waals surface area contributed by atoms with E-state index >= 15 is 0 Å². The Morgan fingerprint density at radius 3 is 2.31 bits per heavy atom. The third kappa shape index (κ3) is 5.86. The zero-order valence-electron chi connectivity index (χ0n) is 19.7. The molecule has 0 saturated heterocycles. The van der Waals surface area contributed by atoms with E-state index < -0.39 is 29.2 Å². The molecule has 0 heterocycles. The van der Waals surface area contributed by atoms with Gasteiger partial charge in [0.1, 0.15) is 11.6 Å². The van der Waals surface area contributed by atoms with E-state index in [9.17, 15) is 23.5 Å². The van der Waals surface area contributed by atoms with Crippen molar-refractivity contribution >= 4 is 34.7 Å². The second kappa shape index (κ2) is 11.0. The summed E-state index contributed by atoms with van der Waals surface area (Å²) in [5.41, 5.74) is 7.71. The molecule has 0 aliphatic heterocycles. The normalized spacial score (nSPS) is 12.0. The highest BCUT2D eigenvalue weighted by molar-refractivity contribution is 6.35. The second-order valence-corrected chi connectivity index (χ2v) is 9.27. The monoisotopic (exact) mass is 500 g/mol. The molecule has 5 nitrogen and oxygen atoms in total. The highest BCUT2D eigenvalue weighted by Crippen LogP contribution is 2.35. The van der Waals surface area contributed by atoms with E-state index in [-0.39, 0.29) is 39.9 Å². The van der Waals surface area contributed by atoms with E-state index in [1.165, 1.54) is 18.2 Å². The predicted octanol–water partition coefficient (Wildman–Crippen LogP) is 6.12. The van der Waals surface area contributed by atoms with Crippen LogP contribution in [0.1, 0.15) is 63.6 Å². The Morgan fingerprint density at radius 2 is 1.74 bits per heavy atom. The zero-order valence-corrected chi connectivity index (χ0v) is 20.4. The Bertz CT molecular complexity index is 1280. The van der Waals surface area contributed by atoms with E-state index in [0.29, 0.717) is 23.2 Å².